The summed E-state index contributed by atoms with van der Waals surface area (Å²) in [6, 6.07) is 0. The summed E-state index contributed by atoms with van der Waals surface area (Å²) in [7, 11) is 0. The van der Waals surface area contributed by atoms with Gasteiger partial charge in [-0.05, 0) is 6.92 Å². The fourth-order valence-corrected chi connectivity index (χ4v) is 0.560. The molecule has 3 nitrogen and oxygen atoms in total. The van der Waals surface area contributed by atoms with E-state index in [1.54, 1.807) is 6.92 Å². The smallest absolute Gasteiger partial charge is 0.306 e. The van der Waals surface area contributed by atoms with Crippen LogP contribution in [-0.2, 0) is 9.53 Å². The lowest BCUT2D eigenvalue weighted by atomic mass is 10.3. The Balaban J connectivity index is 3.30. The Hall–Kier alpha value is -0.640. The molecular formula is C6H11NO2S. The van der Waals surface area contributed by atoms with Gasteiger partial charge in [0.1, 0.15) is 0 Å². The number of thiocarbonyl (C=S) groups is 1. The summed E-state index contributed by atoms with van der Waals surface area (Å²) in [5.41, 5.74) is 5.16. The van der Waals surface area contributed by atoms with Gasteiger partial charge in [0.2, 0.25) is 0 Å². The fraction of sp³-hybridized carbons (Fsp3) is 0.667. The highest BCUT2D eigenvalue weighted by molar-refractivity contribution is 7.80. The molecule has 4 heteroatoms. The van der Waals surface area contributed by atoms with Crippen LogP contribution in [0.5, 0.6) is 0 Å². The molecule has 0 saturated carbocycles. The van der Waals surface area contributed by atoms with E-state index in [9.17, 15) is 4.79 Å². The van der Waals surface area contributed by atoms with Crippen molar-refractivity contribution in [2.45, 2.75) is 19.8 Å². The molecule has 0 rings (SSSR count). The summed E-state index contributed by atoms with van der Waals surface area (Å²) < 4.78 is 4.64. The number of hydrogen-bond acceptors (Lipinski definition) is 3. The Kier molecular flexibility index (Phi) is 4.84. The SMILES string of the molecule is CCOC(=O)CCC(N)=S. The van der Waals surface area contributed by atoms with Gasteiger partial charge in [0.25, 0.3) is 0 Å². The third-order valence-corrected chi connectivity index (χ3v) is 1.08. The highest BCUT2D eigenvalue weighted by Gasteiger charge is 2.00. The number of hydrogen-bond donors (Lipinski definition) is 1. The Morgan fingerprint density at radius 3 is 2.60 bits per heavy atom. The molecule has 0 aromatic rings. The molecule has 2 N–H and O–H groups in total. The van der Waals surface area contributed by atoms with Crippen molar-refractivity contribution in [3.05, 3.63) is 0 Å². The molecule has 10 heavy (non-hydrogen) atoms. The van der Waals surface area contributed by atoms with E-state index in [-0.39, 0.29) is 5.97 Å². The van der Waals surface area contributed by atoms with E-state index in [1.807, 2.05) is 0 Å². The van der Waals surface area contributed by atoms with E-state index >= 15 is 0 Å². The molecule has 0 aliphatic rings. The summed E-state index contributed by atoms with van der Waals surface area (Å²) in [5.74, 6) is -0.240. The molecular weight excluding hydrogens is 150 g/mol. The van der Waals surface area contributed by atoms with E-state index in [2.05, 4.69) is 17.0 Å². The highest BCUT2D eigenvalue weighted by Crippen LogP contribution is 1.91. The molecule has 0 aromatic heterocycles. The quantitative estimate of drug-likeness (QED) is 0.485. The number of carbonyl (C=O) groups is 1. The third kappa shape index (κ3) is 5.50. The van der Waals surface area contributed by atoms with Crippen LogP contribution in [0.1, 0.15) is 19.8 Å². The first kappa shape index (κ1) is 9.36. The Morgan fingerprint density at radius 1 is 1.60 bits per heavy atom. The molecule has 0 saturated heterocycles. The lowest BCUT2D eigenvalue weighted by molar-refractivity contribution is -0.142. The molecule has 0 aromatic carbocycles. The largest absolute Gasteiger partial charge is 0.466 e. The van der Waals surface area contributed by atoms with Gasteiger partial charge in [-0.1, -0.05) is 12.2 Å². The van der Waals surface area contributed by atoms with Gasteiger partial charge in [-0.15, -0.1) is 0 Å². The minimum absolute atomic E-state index is 0.240. The summed E-state index contributed by atoms with van der Waals surface area (Å²) >= 11 is 4.57. The second kappa shape index (κ2) is 5.17. The molecule has 0 amide bonds. The predicted molar refractivity (Wildman–Crippen MR) is 42.7 cm³/mol. The van der Waals surface area contributed by atoms with E-state index in [1.165, 1.54) is 0 Å². The average Bonchev–Trinajstić information content (AvgIpc) is 1.85. The normalized spacial score (nSPS) is 8.90. The Labute approximate surface area is 65.5 Å². The molecule has 0 aliphatic heterocycles. The highest BCUT2D eigenvalue weighted by atomic mass is 32.1. The zero-order valence-electron chi connectivity index (χ0n) is 5.92. The number of rotatable bonds is 4. The molecule has 0 fully saturated rings. The van der Waals surface area contributed by atoms with Crippen molar-refractivity contribution in [3.63, 3.8) is 0 Å². The maximum atomic E-state index is 10.6. The van der Waals surface area contributed by atoms with Crippen molar-refractivity contribution in [2.75, 3.05) is 6.61 Å². The van der Waals surface area contributed by atoms with Crippen LogP contribution in [-0.4, -0.2) is 17.6 Å². The van der Waals surface area contributed by atoms with Gasteiger partial charge in [-0.25, -0.2) is 0 Å². The molecule has 58 valence electrons. The zero-order valence-corrected chi connectivity index (χ0v) is 6.74. The molecule has 0 bridgehead atoms. The van der Waals surface area contributed by atoms with Gasteiger partial charge in [0.15, 0.2) is 0 Å². The van der Waals surface area contributed by atoms with Gasteiger partial charge in [-0.3, -0.25) is 4.79 Å². The van der Waals surface area contributed by atoms with Crippen molar-refractivity contribution in [3.8, 4) is 0 Å². The molecule has 0 radical (unpaired) electrons. The first-order chi connectivity index (χ1) is 4.66. The number of carbonyl (C=O) groups excluding carboxylic acids is 1. The summed E-state index contributed by atoms with van der Waals surface area (Å²) in [5, 5.41) is 0. The average molecular weight is 161 g/mol. The molecule has 0 aliphatic carbocycles. The lowest BCUT2D eigenvalue weighted by Crippen LogP contribution is -2.12. The molecule has 0 unspecified atom stereocenters. The molecule has 0 heterocycles. The van der Waals surface area contributed by atoms with Crippen LogP contribution in [0.2, 0.25) is 0 Å². The maximum Gasteiger partial charge on any atom is 0.306 e. The summed E-state index contributed by atoms with van der Waals surface area (Å²) in [6.45, 7) is 2.18. The van der Waals surface area contributed by atoms with Crippen molar-refractivity contribution >= 4 is 23.2 Å². The third-order valence-electron chi connectivity index (χ3n) is 0.881. The monoisotopic (exact) mass is 161 g/mol. The van der Waals surface area contributed by atoms with Gasteiger partial charge >= 0.3 is 5.97 Å². The number of nitrogens with two attached hydrogens (primary N) is 1. The van der Waals surface area contributed by atoms with Gasteiger partial charge in [0.05, 0.1) is 18.0 Å². The van der Waals surface area contributed by atoms with Gasteiger partial charge in [0, 0.05) is 6.42 Å². The molecule has 0 spiro atoms. The van der Waals surface area contributed by atoms with Crippen LogP contribution < -0.4 is 5.73 Å². The zero-order chi connectivity index (χ0) is 7.98. The Bertz CT molecular complexity index is 136. The van der Waals surface area contributed by atoms with Gasteiger partial charge in [-0.2, -0.15) is 0 Å². The topological polar surface area (TPSA) is 52.3 Å². The number of ether oxygens (including phenoxy) is 1. The van der Waals surface area contributed by atoms with E-state index in [0.717, 1.165) is 0 Å². The molecule has 0 atom stereocenters. The van der Waals surface area contributed by atoms with E-state index in [4.69, 9.17) is 5.73 Å². The number of esters is 1. The van der Waals surface area contributed by atoms with Crippen molar-refractivity contribution < 1.29 is 9.53 Å². The lowest BCUT2D eigenvalue weighted by Gasteiger charge is -1.98. The van der Waals surface area contributed by atoms with Crippen LogP contribution in [0.15, 0.2) is 0 Å². The van der Waals surface area contributed by atoms with Crippen LogP contribution in [0, 0.1) is 0 Å². The first-order valence-electron chi connectivity index (χ1n) is 3.10. The fourth-order valence-electron chi connectivity index (χ4n) is 0.458. The van der Waals surface area contributed by atoms with Crippen LogP contribution in [0.3, 0.4) is 0 Å². The van der Waals surface area contributed by atoms with Crippen molar-refractivity contribution in [1.29, 1.82) is 0 Å². The Morgan fingerprint density at radius 2 is 2.20 bits per heavy atom. The van der Waals surface area contributed by atoms with E-state index in [0.29, 0.717) is 24.4 Å². The summed E-state index contributed by atoms with van der Waals surface area (Å²) in [4.78, 5) is 11.0. The minimum Gasteiger partial charge on any atom is -0.466 e. The predicted octanol–water partition coefficient (Wildman–Crippen LogP) is 0.616. The van der Waals surface area contributed by atoms with Crippen molar-refractivity contribution in [1.82, 2.24) is 0 Å². The van der Waals surface area contributed by atoms with E-state index < -0.39 is 0 Å². The first-order valence-corrected chi connectivity index (χ1v) is 3.51. The van der Waals surface area contributed by atoms with Crippen LogP contribution in [0.4, 0.5) is 0 Å². The standard InChI is InChI=1S/C6H11NO2S/c1-2-9-6(8)4-3-5(7)10/h2-4H2,1H3,(H2,7,10). The maximum absolute atomic E-state index is 10.6. The van der Waals surface area contributed by atoms with Crippen LogP contribution in [0.25, 0.3) is 0 Å². The van der Waals surface area contributed by atoms with Gasteiger partial charge < -0.3 is 10.5 Å². The summed E-state index contributed by atoms with van der Waals surface area (Å²) in [6.07, 6.45) is 0.733. The second-order valence-corrected chi connectivity index (χ2v) is 2.30. The van der Waals surface area contributed by atoms with Crippen LogP contribution >= 0.6 is 12.2 Å². The second-order valence-electron chi connectivity index (χ2n) is 1.77. The minimum atomic E-state index is -0.240. The van der Waals surface area contributed by atoms with Crippen molar-refractivity contribution in [2.24, 2.45) is 5.73 Å².